The van der Waals surface area contributed by atoms with E-state index >= 15 is 0 Å². The average molecular weight is 447 g/mol. The van der Waals surface area contributed by atoms with Gasteiger partial charge < -0.3 is 15.2 Å². The van der Waals surface area contributed by atoms with Crippen LogP contribution in [0.2, 0.25) is 5.02 Å². The smallest absolute Gasteiger partial charge is 0.256 e. The fraction of sp³-hybridized carbons (Fsp3) is 0.240. The number of nitrogens with zero attached hydrogens (tertiary/aromatic N) is 2. The Morgan fingerprint density at radius 3 is 2.94 bits per heavy atom. The molecular formula is C25H23ClN4O2. The molecule has 1 aliphatic heterocycles. The van der Waals surface area contributed by atoms with Crippen molar-refractivity contribution in [3.8, 4) is 0 Å². The summed E-state index contributed by atoms with van der Waals surface area (Å²) in [6.07, 6.45) is 5.05. The number of para-hydroxylation sites is 1. The highest BCUT2D eigenvalue weighted by atomic mass is 35.5. The van der Waals surface area contributed by atoms with E-state index in [2.05, 4.69) is 33.2 Å². The first-order valence-corrected chi connectivity index (χ1v) is 11.1. The fourth-order valence-electron chi connectivity index (χ4n) is 4.46. The molecule has 5 rings (SSSR count). The van der Waals surface area contributed by atoms with Gasteiger partial charge in [0, 0.05) is 53.0 Å². The van der Waals surface area contributed by atoms with Crippen LogP contribution in [0.1, 0.15) is 35.3 Å². The van der Waals surface area contributed by atoms with Crippen LogP contribution < -0.4 is 16.1 Å². The summed E-state index contributed by atoms with van der Waals surface area (Å²) in [5, 5.41) is 8.55. The third-order valence-electron chi connectivity index (χ3n) is 6.03. The zero-order valence-corrected chi connectivity index (χ0v) is 18.4. The molecule has 0 saturated carbocycles. The number of amides is 1. The molecule has 0 spiro atoms. The summed E-state index contributed by atoms with van der Waals surface area (Å²) < 4.78 is 2.06. The lowest BCUT2D eigenvalue weighted by molar-refractivity contribution is 0.0952. The predicted molar refractivity (Wildman–Crippen MR) is 129 cm³/mol. The van der Waals surface area contributed by atoms with Crippen LogP contribution in [0.15, 0.2) is 59.7 Å². The van der Waals surface area contributed by atoms with E-state index in [0.717, 1.165) is 34.1 Å². The highest BCUT2D eigenvalue weighted by molar-refractivity contribution is 6.31. The SMILES string of the molecule is C[C@H]1Cc2cccc3c(=O)c(C(=O)NCCCNc4ccnc5cc(Cl)ccc45)cn1c23. The van der Waals surface area contributed by atoms with Gasteiger partial charge in [-0.3, -0.25) is 14.6 Å². The van der Waals surface area contributed by atoms with Gasteiger partial charge in [-0.05, 0) is 55.7 Å². The molecule has 4 aromatic rings. The lowest BCUT2D eigenvalue weighted by atomic mass is 10.1. The molecule has 2 aromatic heterocycles. The van der Waals surface area contributed by atoms with E-state index in [9.17, 15) is 9.59 Å². The molecule has 3 heterocycles. The molecular weight excluding hydrogens is 424 g/mol. The molecule has 6 nitrogen and oxygen atoms in total. The van der Waals surface area contributed by atoms with Crippen molar-refractivity contribution in [3.05, 3.63) is 81.2 Å². The molecule has 0 radical (unpaired) electrons. The van der Waals surface area contributed by atoms with E-state index in [1.165, 1.54) is 0 Å². The topological polar surface area (TPSA) is 76.0 Å². The Morgan fingerprint density at radius 2 is 2.06 bits per heavy atom. The zero-order valence-electron chi connectivity index (χ0n) is 17.7. The molecule has 162 valence electrons. The summed E-state index contributed by atoms with van der Waals surface area (Å²) in [6, 6.07) is 13.5. The second kappa shape index (κ2) is 8.28. The molecule has 32 heavy (non-hydrogen) atoms. The highest BCUT2D eigenvalue weighted by Gasteiger charge is 2.24. The largest absolute Gasteiger partial charge is 0.384 e. The quantitative estimate of drug-likeness (QED) is 0.426. The van der Waals surface area contributed by atoms with Crippen molar-refractivity contribution in [2.75, 3.05) is 18.4 Å². The summed E-state index contributed by atoms with van der Waals surface area (Å²) in [4.78, 5) is 30.0. The van der Waals surface area contributed by atoms with Crippen LogP contribution in [0.4, 0.5) is 5.69 Å². The van der Waals surface area contributed by atoms with Gasteiger partial charge >= 0.3 is 0 Å². The molecule has 0 unspecified atom stereocenters. The molecule has 0 bridgehead atoms. The highest BCUT2D eigenvalue weighted by Crippen LogP contribution is 2.30. The Hall–Kier alpha value is -3.38. The number of hydrogen-bond donors (Lipinski definition) is 2. The minimum absolute atomic E-state index is 0.202. The van der Waals surface area contributed by atoms with E-state index in [0.29, 0.717) is 29.9 Å². The summed E-state index contributed by atoms with van der Waals surface area (Å²) in [5.74, 6) is -0.325. The number of carbonyl (C=O) groups excluding carboxylic acids is 1. The minimum Gasteiger partial charge on any atom is -0.384 e. The van der Waals surface area contributed by atoms with Crippen molar-refractivity contribution < 1.29 is 4.79 Å². The monoisotopic (exact) mass is 446 g/mol. The third kappa shape index (κ3) is 3.60. The first kappa shape index (κ1) is 20.5. The molecule has 0 fully saturated rings. The lowest BCUT2D eigenvalue weighted by Crippen LogP contribution is -2.31. The van der Waals surface area contributed by atoms with Gasteiger partial charge in [-0.15, -0.1) is 0 Å². The fourth-order valence-corrected chi connectivity index (χ4v) is 4.63. The van der Waals surface area contributed by atoms with Crippen molar-refractivity contribution in [2.24, 2.45) is 0 Å². The summed E-state index contributed by atoms with van der Waals surface area (Å²) >= 11 is 6.05. The van der Waals surface area contributed by atoms with Crippen LogP contribution >= 0.6 is 11.6 Å². The molecule has 2 N–H and O–H groups in total. The molecule has 0 saturated heterocycles. The van der Waals surface area contributed by atoms with Crippen molar-refractivity contribution in [1.29, 1.82) is 0 Å². The average Bonchev–Trinajstić information content (AvgIpc) is 3.11. The van der Waals surface area contributed by atoms with Crippen molar-refractivity contribution in [3.63, 3.8) is 0 Å². The number of rotatable bonds is 6. The van der Waals surface area contributed by atoms with E-state index < -0.39 is 0 Å². The van der Waals surface area contributed by atoms with Gasteiger partial charge in [0.05, 0.1) is 11.0 Å². The Kier molecular flexibility index (Phi) is 5.31. The Bertz CT molecular complexity index is 1410. The number of fused-ring (bicyclic) bond motifs is 1. The standard InChI is InChI=1S/C25H23ClN4O2/c1-15-12-16-4-2-5-19-23(16)30(15)14-20(24(19)31)25(32)29-10-3-9-27-21-8-11-28-22-13-17(26)6-7-18(21)22/h2,4-8,11,13-15H,3,9-10,12H2,1H3,(H,27,28)(H,29,32)/t15-/m0/s1. The molecule has 1 atom stereocenters. The maximum Gasteiger partial charge on any atom is 0.256 e. The van der Waals surface area contributed by atoms with Gasteiger partial charge in [-0.25, -0.2) is 0 Å². The number of halogens is 1. The van der Waals surface area contributed by atoms with Gasteiger partial charge in [0.15, 0.2) is 0 Å². The first-order valence-electron chi connectivity index (χ1n) is 10.8. The third-order valence-corrected chi connectivity index (χ3v) is 6.26. The summed E-state index contributed by atoms with van der Waals surface area (Å²) in [6.45, 7) is 3.24. The molecule has 2 aromatic carbocycles. The summed E-state index contributed by atoms with van der Waals surface area (Å²) in [5.41, 5.74) is 3.92. The number of nitrogens with one attached hydrogen (secondary N) is 2. The predicted octanol–water partition coefficient (Wildman–Crippen LogP) is 4.55. The first-order chi connectivity index (χ1) is 15.5. The number of hydrogen-bond acceptors (Lipinski definition) is 4. The van der Waals surface area contributed by atoms with Crippen LogP contribution in [0.25, 0.3) is 21.8 Å². The van der Waals surface area contributed by atoms with Crippen LogP contribution in [-0.2, 0) is 6.42 Å². The second-order valence-corrected chi connectivity index (χ2v) is 8.64. The molecule has 0 aliphatic carbocycles. The maximum absolute atomic E-state index is 12.9. The zero-order chi connectivity index (χ0) is 22.2. The van der Waals surface area contributed by atoms with Gasteiger partial charge in [0.25, 0.3) is 5.91 Å². The van der Waals surface area contributed by atoms with Crippen molar-refractivity contribution >= 4 is 45.0 Å². The second-order valence-electron chi connectivity index (χ2n) is 8.20. The van der Waals surface area contributed by atoms with Gasteiger partial charge in [-0.1, -0.05) is 23.7 Å². The minimum atomic E-state index is -0.325. The van der Waals surface area contributed by atoms with Crippen molar-refractivity contribution in [1.82, 2.24) is 14.9 Å². The van der Waals surface area contributed by atoms with E-state index in [1.807, 2.05) is 36.4 Å². The molecule has 1 amide bonds. The van der Waals surface area contributed by atoms with E-state index in [1.54, 1.807) is 12.4 Å². The molecule has 1 aliphatic rings. The van der Waals surface area contributed by atoms with Crippen LogP contribution in [0, 0.1) is 0 Å². The van der Waals surface area contributed by atoms with Crippen molar-refractivity contribution in [2.45, 2.75) is 25.8 Å². The van der Waals surface area contributed by atoms with E-state index in [4.69, 9.17) is 11.6 Å². The van der Waals surface area contributed by atoms with Crippen LogP contribution in [-0.4, -0.2) is 28.5 Å². The number of carbonyl (C=O) groups is 1. The number of anilines is 1. The molecule has 7 heteroatoms. The normalized spacial score (nSPS) is 14.8. The van der Waals surface area contributed by atoms with Gasteiger partial charge in [0.1, 0.15) is 5.56 Å². The Morgan fingerprint density at radius 1 is 1.19 bits per heavy atom. The van der Waals surface area contributed by atoms with Crippen LogP contribution in [0.5, 0.6) is 0 Å². The van der Waals surface area contributed by atoms with Crippen LogP contribution in [0.3, 0.4) is 0 Å². The van der Waals surface area contributed by atoms with Gasteiger partial charge in [-0.2, -0.15) is 0 Å². The summed E-state index contributed by atoms with van der Waals surface area (Å²) in [7, 11) is 0. The maximum atomic E-state index is 12.9. The number of pyridine rings is 2. The van der Waals surface area contributed by atoms with Gasteiger partial charge in [0.2, 0.25) is 5.43 Å². The van der Waals surface area contributed by atoms with E-state index in [-0.39, 0.29) is 22.9 Å². The number of benzene rings is 2. The Labute approximate surface area is 190 Å². The number of aromatic nitrogens is 2. The lowest BCUT2D eigenvalue weighted by Gasteiger charge is -2.13. The Balaban J connectivity index is 1.24.